The number of hydrogen-bond donors (Lipinski definition) is 2. The van der Waals surface area contributed by atoms with E-state index in [0.717, 1.165) is 105 Å². The lowest BCUT2D eigenvalue weighted by molar-refractivity contribution is -0.901. The highest BCUT2D eigenvalue weighted by Gasteiger charge is 2.23. The van der Waals surface area contributed by atoms with Crippen molar-refractivity contribution in [2.24, 2.45) is 14.1 Å². The first-order valence-electron chi connectivity index (χ1n) is 21.4. The second kappa shape index (κ2) is 19.1. The molecule has 2 aliphatic rings. The zero-order valence-corrected chi connectivity index (χ0v) is 36.3. The molecule has 0 bridgehead atoms. The summed E-state index contributed by atoms with van der Waals surface area (Å²) in [6.45, 7) is 6.55. The SMILES string of the molecule is C#Cc1ccc2nc(Nc3cc(CN4CCOCC4)cc(-c4cnn(C)c4)c3)ncc2c1.C#Cc1ccc2nc(Nc3cc(C[N+]4([O-])CCOCC4)cc(-c4cnn(C)c4)c3)ncc2c1. The van der Waals surface area contributed by atoms with Gasteiger partial charge in [-0.15, -0.1) is 12.8 Å². The molecule has 0 unspecified atom stereocenters. The van der Waals surface area contributed by atoms with Crippen LogP contribution in [0.1, 0.15) is 22.3 Å². The van der Waals surface area contributed by atoms with Crippen LogP contribution in [0.2, 0.25) is 0 Å². The fraction of sp³-hybridized carbons (Fsp3) is 0.240. The Hall–Kier alpha value is -7.50. The van der Waals surface area contributed by atoms with Crippen molar-refractivity contribution in [3.05, 3.63) is 137 Å². The van der Waals surface area contributed by atoms with Crippen molar-refractivity contribution in [1.29, 1.82) is 0 Å². The second-order valence-electron chi connectivity index (χ2n) is 16.3. The number of morpholine rings is 2. The molecule has 2 fully saturated rings. The largest absolute Gasteiger partial charge is 0.632 e. The molecule has 8 aromatic rings. The Morgan fingerprint density at radius 3 is 1.65 bits per heavy atom. The topological polar surface area (TPSA) is 156 Å². The number of terminal acetylenes is 2. The van der Waals surface area contributed by atoms with Crippen molar-refractivity contribution in [2.45, 2.75) is 13.1 Å². The summed E-state index contributed by atoms with van der Waals surface area (Å²) in [5.41, 5.74) is 11.3. The number of hydrogen-bond acceptors (Lipinski definition) is 12. The van der Waals surface area contributed by atoms with Crippen molar-refractivity contribution in [3.8, 4) is 46.9 Å². The van der Waals surface area contributed by atoms with Crippen LogP contribution in [0.5, 0.6) is 0 Å². The number of fused-ring (bicyclic) bond motifs is 2. The van der Waals surface area contributed by atoms with Crippen LogP contribution in [-0.2, 0) is 36.7 Å². The fourth-order valence-corrected chi connectivity index (χ4v) is 7.99. The van der Waals surface area contributed by atoms with E-state index in [0.29, 0.717) is 44.7 Å². The molecule has 4 aromatic carbocycles. The van der Waals surface area contributed by atoms with Crippen LogP contribution < -0.4 is 10.6 Å². The number of nitrogens with zero attached hydrogens (tertiary/aromatic N) is 10. The maximum absolute atomic E-state index is 13.2. The van der Waals surface area contributed by atoms with Crippen LogP contribution in [0.15, 0.2) is 110 Å². The van der Waals surface area contributed by atoms with Gasteiger partial charge < -0.3 is 30.0 Å². The van der Waals surface area contributed by atoms with Gasteiger partial charge in [-0.05, 0) is 89.5 Å². The summed E-state index contributed by atoms with van der Waals surface area (Å²) in [6, 6.07) is 23.9. The standard InChI is InChI=1S/C25H24N6O2.C25H24N6O/c1-3-18-4-5-24-21(10-18)14-26-25(29-24)28-23-12-19(17-31(32)6-8-33-9-7-31)11-20(13-23)22-15-27-30(2)16-22;1-3-18-4-5-24-21(10-18)14-26-25(29-24)28-23-12-19(16-31-6-8-32-9-7-31)11-20(13-23)22-15-27-30(2)17-22/h1,4-5,10-16H,6-9,17H2,2H3,(H,26,28,29);1,4-5,10-15,17H,6-9,16H2,2H3,(H,26,28,29). The third-order valence-corrected chi connectivity index (χ3v) is 11.3. The molecule has 4 aromatic heterocycles. The number of nitrogens with one attached hydrogen (secondary N) is 2. The zero-order valence-electron chi connectivity index (χ0n) is 36.3. The molecule has 0 radical (unpaired) electrons. The summed E-state index contributed by atoms with van der Waals surface area (Å²) in [5, 5.41) is 30.3. The minimum atomic E-state index is -0.292. The normalized spacial score (nSPS) is 14.8. The highest BCUT2D eigenvalue weighted by atomic mass is 16.6. The highest BCUT2D eigenvalue weighted by molar-refractivity contribution is 5.82. The number of benzene rings is 4. The van der Waals surface area contributed by atoms with Crippen molar-refractivity contribution < 1.29 is 14.1 Å². The molecule has 2 saturated heterocycles. The Kier molecular flexibility index (Phi) is 12.6. The highest BCUT2D eigenvalue weighted by Crippen LogP contribution is 2.30. The van der Waals surface area contributed by atoms with Gasteiger partial charge >= 0.3 is 0 Å². The van der Waals surface area contributed by atoms with E-state index in [1.165, 1.54) is 5.56 Å². The van der Waals surface area contributed by atoms with Gasteiger partial charge in [0.1, 0.15) is 19.6 Å². The van der Waals surface area contributed by atoms with Crippen LogP contribution in [0, 0.1) is 29.9 Å². The Bertz CT molecular complexity index is 3060. The molecule has 2 aliphatic heterocycles. The number of quaternary nitrogens is 1. The van der Waals surface area contributed by atoms with Gasteiger partial charge in [-0.1, -0.05) is 11.8 Å². The molecule has 10 rings (SSSR count). The lowest BCUT2D eigenvalue weighted by Crippen LogP contribution is -2.49. The molecule has 6 heterocycles. The van der Waals surface area contributed by atoms with Gasteiger partial charge in [0.15, 0.2) is 0 Å². The number of hydroxylamine groups is 3. The van der Waals surface area contributed by atoms with Gasteiger partial charge in [0.2, 0.25) is 11.9 Å². The predicted molar refractivity (Wildman–Crippen MR) is 253 cm³/mol. The van der Waals surface area contributed by atoms with E-state index in [2.05, 4.69) is 81.8 Å². The first-order chi connectivity index (χ1) is 31.7. The molecule has 0 spiro atoms. The number of aryl methyl sites for hydroxylation is 2. The number of aromatic nitrogens is 8. The zero-order chi connectivity index (χ0) is 44.8. The molecular formula is C50H48N12O3. The third-order valence-electron chi connectivity index (χ3n) is 11.3. The quantitative estimate of drug-likeness (QED) is 0.0813. The van der Waals surface area contributed by atoms with Crippen molar-refractivity contribution in [1.82, 2.24) is 44.4 Å². The van der Waals surface area contributed by atoms with Crippen molar-refractivity contribution >= 4 is 45.1 Å². The van der Waals surface area contributed by atoms with Gasteiger partial charge in [0.05, 0.1) is 49.9 Å². The minimum absolute atomic E-state index is 0.292. The predicted octanol–water partition coefficient (Wildman–Crippen LogP) is 7.19. The smallest absolute Gasteiger partial charge is 0.227 e. The Morgan fingerprint density at radius 1 is 0.631 bits per heavy atom. The van der Waals surface area contributed by atoms with Crippen LogP contribution >= 0.6 is 0 Å². The lowest BCUT2D eigenvalue weighted by Gasteiger charge is -2.45. The monoisotopic (exact) mass is 864 g/mol. The summed E-state index contributed by atoms with van der Waals surface area (Å²) in [5.74, 6) is 6.30. The Morgan fingerprint density at radius 2 is 1.14 bits per heavy atom. The van der Waals surface area contributed by atoms with Crippen molar-refractivity contribution in [3.63, 3.8) is 0 Å². The average Bonchev–Trinajstić information content (AvgIpc) is 3.97. The first kappa shape index (κ1) is 42.8. The van der Waals surface area contributed by atoms with Crippen LogP contribution in [0.3, 0.4) is 0 Å². The van der Waals surface area contributed by atoms with Gasteiger partial charge in [-0.3, -0.25) is 14.3 Å². The Labute approximate surface area is 377 Å². The van der Waals surface area contributed by atoms with Gasteiger partial charge in [-0.25, -0.2) is 19.9 Å². The molecule has 326 valence electrons. The number of ether oxygens (including phenoxy) is 2. The molecule has 2 N–H and O–H groups in total. The molecule has 0 atom stereocenters. The third kappa shape index (κ3) is 10.7. The molecule has 65 heavy (non-hydrogen) atoms. The van der Waals surface area contributed by atoms with E-state index < -0.39 is 0 Å². The summed E-state index contributed by atoms with van der Waals surface area (Å²) in [4.78, 5) is 20.6. The summed E-state index contributed by atoms with van der Waals surface area (Å²) in [6.07, 6.45) is 22.2. The van der Waals surface area contributed by atoms with E-state index in [9.17, 15) is 5.21 Å². The van der Waals surface area contributed by atoms with E-state index in [4.69, 9.17) is 22.3 Å². The maximum atomic E-state index is 13.2. The summed E-state index contributed by atoms with van der Waals surface area (Å²) in [7, 11) is 3.81. The Balaban J connectivity index is 0.000000164. The van der Waals surface area contributed by atoms with Crippen LogP contribution in [-0.4, -0.2) is 102 Å². The van der Waals surface area contributed by atoms with E-state index in [-0.39, 0.29) is 4.65 Å². The maximum Gasteiger partial charge on any atom is 0.227 e. The summed E-state index contributed by atoms with van der Waals surface area (Å²) >= 11 is 0. The van der Waals surface area contributed by atoms with Crippen LogP contribution in [0.25, 0.3) is 44.1 Å². The fourth-order valence-electron chi connectivity index (χ4n) is 7.99. The van der Waals surface area contributed by atoms with Gasteiger partial charge in [-0.2, -0.15) is 10.2 Å². The van der Waals surface area contributed by atoms with E-state index in [1.54, 1.807) is 17.1 Å². The second-order valence-corrected chi connectivity index (χ2v) is 16.3. The lowest BCUT2D eigenvalue weighted by atomic mass is 10.0. The molecule has 0 aliphatic carbocycles. The van der Waals surface area contributed by atoms with Gasteiger partial charge in [0, 0.05) is 108 Å². The average molecular weight is 865 g/mol. The van der Waals surface area contributed by atoms with Crippen molar-refractivity contribution in [2.75, 3.05) is 63.2 Å². The molecule has 15 heteroatoms. The number of rotatable bonds is 10. The number of anilines is 4. The van der Waals surface area contributed by atoms with Gasteiger partial charge in [0.25, 0.3) is 0 Å². The molecular weight excluding hydrogens is 817 g/mol. The first-order valence-corrected chi connectivity index (χ1v) is 21.4. The van der Waals surface area contributed by atoms with E-state index in [1.807, 2.05) is 92.1 Å². The van der Waals surface area contributed by atoms with E-state index >= 15 is 0 Å². The van der Waals surface area contributed by atoms with Crippen LogP contribution in [0.4, 0.5) is 23.3 Å². The molecule has 0 amide bonds. The minimum Gasteiger partial charge on any atom is -0.632 e. The molecule has 0 saturated carbocycles. The summed E-state index contributed by atoms with van der Waals surface area (Å²) < 4.78 is 14.2. The molecule has 15 nitrogen and oxygen atoms in total.